The third-order valence-electron chi connectivity index (χ3n) is 7.75. The summed E-state index contributed by atoms with van der Waals surface area (Å²) < 4.78 is 68.2. The largest absolute Gasteiger partial charge is 0.505 e. The van der Waals surface area contributed by atoms with Crippen LogP contribution in [0.4, 0.5) is 40.3 Å². The number of benzene rings is 5. The Morgan fingerprint density at radius 3 is 2.15 bits per heavy atom. The molecule has 61 heavy (non-hydrogen) atoms. The molecule has 22 nitrogen and oxygen atoms in total. The normalized spacial score (nSPS) is 11.9. The second-order valence-electron chi connectivity index (χ2n) is 11.8. The topological polar surface area (TPSA) is 312 Å². The molecule has 318 valence electrons. The lowest BCUT2D eigenvalue weighted by atomic mass is 10.1. The number of halogens is 1. The second kappa shape index (κ2) is 20.3. The number of nitrogens with zero attached hydrogens (tertiary/aromatic N) is 5. The van der Waals surface area contributed by atoms with Crippen LogP contribution < -0.4 is 16.0 Å². The molecule has 7 N–H and O–H groups in total. The number of phenolic OH excluding ortho intramolecular Hbond substituents is 1. The van der Waals surface area contributed by atoms with Gasteiger partial charge in [-0.25, -0.2) is 23.1 Å². The van der Waals surface area contributed by atoms with Crippen molar-refractivity contribution in [2.24, 2.45) is 10.2 Å². The molecular formula is C34H27ClN8O14S4. The Kier molecular flexibility index (Phi) is 15.0. The van der Waals surface area contributed by atoms with Gasteiger partial charge in [0, 0.05) is 32.9 Å². The van der Waals surface area contributed by atoms with Crippen molar-refractivity contribution in [3.63, 3.8) is 0 Å². The Balaban J connectivity index is 1.19. The average molecular weight is 935 g/mol. The average Bonchev–Trinajstić information content (AvgIpc) is 3.22. The van der Waals surface area contributed by atoms with Crippen LogP contribution in [0.2, 0.25) is 5.28 Å². The highest BCUT2D eigenvalue weighted by atomic mass is 35.5. The van der Waals surface area contributed by atoms with Crippen LogP contribution in [0.1, 0.15) is 10.4 Å². The Bertz CT molecular complexity index is 2810. The second-order valence-corrected chi connectivity index (χ2v) is 16.8. The highest BCUT2D eigenvalue weighted by Crippen LogP contribution is 2.45. The van der Waals surface area contributed by atoms with Gasteiger partial charge in [-0.2, -0.15) is 28.5 Å². The van der Waals surface area contributed by atoms with E-state index in [1.165, 1.54) is 48.5 Å². The maximum Gasteiger partial charge on any atom is 0.397 e. The van der Waals surface area contributed by atoms with Gasteiger partial charge in [-0.05, 0) is 95.8 Å². The lowest BCUT2D eigenvalue weighted by molar-refractivity contribution is -0.432. The van der Waals surface area contributed by atoms with Crippen molar-refractivity contribution in [2.45, 2.75) is 14.7 Å². The van der Waals surface area contributed by atoms with Gasteiger partial charge < -0.3 is 21.1 Å². The molecule has 1 amide bonds. The lowest BCUT2D eigenvalue weighted by Crippen LogP contribution is -2.15. The fraction of sp³-hybridized carbons (Fsp3) is 0.0588. The van der Waals surface area contributed by atoms with Gasteiger partial charge in [0.2, 0.25) is 17.2 Å². The standard InChI is InChI=1S/C34H27ClN8O14S4/c35-32-39-33(37-22-4-2-6-25(17-22)58-56-54-46)41-34(40-32)38-23-8-7-19-16-28(59-57-55-47)29(30(44)27(19)18-23)43-42-24-5-1-3-20(15-24)31(45)36-21-9-11-26(12-10-21)60(48,49)14-13-53-61(50,51)52/h1-12,15-18,44,46-47H,13-14H2,(H,36,45)(H,50,51,52)(H2,37,38,39,40,41). The van der Waals surface area contributed by atoms with E-state index in [-0.39, 0.29) is 60.7 Å². The van der Waals surface area contributed by atoms with Crippen LogP contribution in [-0.2, 0) is 43.2 Å². The molecule has 1 heterocycles. The molecular weight excluding hydrogens is 908 g/mol. The van der Waals surface area contributed by atoms with Gasteiger partial charge in [0.15, 0.2) is 15.6 Å². The predicted octanol–water partition coefficient (Wildman–Crippen LogP) is 7.99. The fourth-order valence-corrected chi connectivity index (χ4v) is 7.73. The zero-order chi connectivity index (χ0) is 43.6. The summed E-state index contributed by atoms with van der Waals surface area (Å²) in [4.78, 5) is 26.3. The first-order valence-electron chi connectivity index (χ1n) is 16.6. The van der Waals surface area contributed by atoms with Crippen LogP contribution in [0.15, 0.2) is 122 Å². The first-order valence-corrected chi connectivity index (χ1v) is 21.5. The maximum absolute atomic E-state index is 13.1. The summed E-state index contributed by atoms with van der Waals surface area (Å²) in [6, 6.07) is 24.2. The van der Waals surface area contributed by atoms with Crippen LogP contribution in [-0.4, -0.2) is 70.2 Å². The summed E-state index contributed by atoms with van der Waals surface area (Å²) >= 11 is 7.48. The molecule has 0 fully saturated rings. The predicted molar refractivity (Wildman–Crippen MR) is 219 cm³/mol. The number of phenols is 1. The van der Waals surface area contributed by atoms with Crippen molar-refractivity contribution >= 4 is 113 Å². The van der Waals surface area contributed by atoms with E-state index in [1.807, 2.05) is 0 Å². The lowest BCUT2D eigenvalue weighted by Gasteiger charge is -2.12. The van der Waals surface area contributed by atoms with E-state index >= 15 is 0 Å². The number of hydrogen-bond acceptors (Lipinski definition) is 22. The van der Waals surface area contributed by atoms with Gasteiger partial charge in [-0.1, -0.05) is 28.3 Å². The van der Waals surface area contributed by atoms with E-state index < -0.39 is 38.5 Å². The Morgan fingerprint density at radius 2 is 1.44 bits per heavy atom. The number of carbonyl (C=O) groups is 1. The molecule has 6 aromatic rings. The number of aromatic nitrogens is 3. The molecule has 0 radical (unpaired) electrons. The molecule has 27 heteroatoms. The number of rotatable bonds is 19. The summed E-state index contributed by atoms with van der Waals surface area (Å²) in [7, 11) is -8.79. The van der Waals surface area contributed by atoms with Crippen LogP contribution >= 0.6 is 35.7 Å². The van der Waals surface area contributed by atoms with E-state index in [1.54, 1.807) is 48.5 Å². The molecule has 0 atom stereocenters. The monoisotopic (exact) mass is 934 g/mol. The third-order valence-corrected chi connectivity index (χ3v) is 11.3. The van der Waals surface area contributed by atoms with E-state index in [9.17, 15) is 26.7 Å². The van der Waals surface area contributed by atoms with Crippen LogP contribution in [0, 0.1) is 0 Å². The van der Waals surface area contributed by atoms with Crippen molar-refractivity contribution in [2.75, 3.05) is 28.3 Å². The highest BCUT2D eigenvalue weighted by molar-refractivity contribution is 7.95. The number of sulfone groups is 1. The summed E-state index contributed by atoms with van der Waals surface area (Å²) in [5.74, 6) is -1.56. The van der Waals surface area contributed by atoms with E-state index in [4.69, 9.17) is 26.7 Å². The van der Waals surface area contributed by atoms with Crippen molar-refractivity contribution in [3.05, 3.63) is 108 Å². The molecule has 0 aliphatic rings. The summed E-state index contributed by atoms with van der Waals surface area (Å²) in [6.45, 7) is -0.796. The van der Waals surface area contributed by atoms with E-state index in [0.717, 1.165) is 12.0 Å². The van der Waals surface area contributed by atoms with Crippen molar-refractivity contribution in [3.8, 4) is 5.75 Å². The number of aromatic hydroxyl groups is 1. The highest BCUT2D eigenvalue weighted by Gasteiger charge is 2.19. The van der Waals surface area contributed by atoms with E-state index in [0.29, 0.717) is 33.7 Å². The summed E-state index contributed by atoms with van der Waals surface area (Å²) in [5.41, 5.74) is 1.39. The zero-order valence-corrected chi connectivity index (χ0v) is 34.3. The number of amides is 1. The van der Waals surface area contributed by atoms with Crippen molar-refractivity contribution in [1.29, 1.82) is 0 Å². The van der Waals surface area contributed by atoms with Crippen molar-refractivity contribution in [1.82, 2.24) is 15.0 Å². The number of fused-ring (bicyclic) bond motifs is 1. The minimum Gasteiger partial charge on any atom is -0.505 e. The molecule has 1 aromatic heterocycles. The minimum atomic E-state index is -4.81. The fourth-order valence-electron chi connectivity index (χ4n) is 5.16. The third kappa shape index (κ3) is 12.7. The summed E-state index contributed by atoms with van der Waals surface area (Å²) in [6.07, 6.45) is 0. The Hall–Kier alpha value is -5.59. The van der Waals surface area contributed by atoms with Gasteiger partial charge >= 0.3 is 10.4 Å². The van der Waals surface area contributed by atoms with Gasteiger partial charge in [0.25, 0.3) is 5.91 Å². The first-order chi connectivity index (χ1) is 29.2. The molecule has 0 saturated carbocycles. The summed E-state index contributed by atoms with van der Waals surface area (Å²) in [5, 5.41) is 53.8. The SMILES string of the molecule is O=C(Nc1ccc(S(=O)(=O)CCOS(=O)(=O)O)cc1)c1cccc(N=Nc2c(SOOO)cc3ccc(Nc4nc(Cl)nc(Nc5cccc(SOOO)c5)n4)cc3c2O)c1. The van der Waals surface area contributed by atoms with Crippen LogP contribution in [0.3, 0.4) is 0 Å². The Labute approximate surface area is 357 Å². The first kappa shape index (κ1) is 44.9. The molecule has 0 saturated heterocycles. The number of hydrogen-bond donors (Lipinski definition) is 7. The van der Waals surface area contributed by atoms with Crippen LogP contribution in [0.25, 0.3) is 10.8 Å². The quantitative estimate of drug-likeness (QED) is 0.0133. The molecule has 6 rings (SSSR count). The molecule has 0 spiro atoms. The van der Waals surface area contributed by atoms with Gasteiger partial charge in [-0.15, -0.1) is 13.8 Å². The Morgan fingerprint density at radius 1 is 0.770 bits per heavy atom. The van der Waals surface area contributed by atoms with E-state index in [2.05, 4.69) is 64.1 Å². The maximum atomic E-state index is 13.1. The van der Waals surface area contributed by atoms with Crippen molar-refractivity contribution < 1.29 is 64.7 Å². The number of carbonyl (C=O) groups excluding carboxylic acids is 1. The van der Waals surface area contributed by atoms with Crippen LogP contribution in [0.5, 0.6) is 5.75 Å². The van der Waals surface area contributed by atoms with Gasteiger partial charge in [0.1, 0.15) is 5.69 Å². The number of anilines is 5. The number of azo groups is 1. The molecule has 5 aromatic carbocycles. The molecule has 0 unspecified atom stereocenters. The molecule has 0 aliphatic carbocycles. The smallest absolute Gasteiger partial charge is 0.397 e. The van der Waals surface area contributed by atoms with Gasteiger partial charge in [0.05, 0.1) is 51.9 Å². The molecule has 0 aliphatic heterocycles. The number of nitrogens with one attached hydrogen (secondary N) is 3. The molecule has 0 bridgehead atoms. The zero-order valence-electron chi connectivity index (χ0n) is 30.3. The minimum absolute atomic E-state index is 0.0420. The van der Waals surface area contributed by atoms with Gasteiger partial charge in [-0.3, -0.25) is 9.35 Å².